The normalized spacial score (nSPS) is 11.8. The summed E-state index contributed by atoms with van der Waals surface area (Å²) >= 11 is 11.9. The molecule has 0 bridgehead atoms. The van der Waals surface area contributed by atoms with Crippen LogP contribution in [0.2, 0.25) is 10.0 Å². The molecule has 7 heteroatoms. The molecule has 106 valence electrons. The van der Waals surface area contributed by atoms with Gasteiger partial charge in [-0.3, -0.25) is 0 Å². The first-order valence-electron chi connectivity index (χ1n) is 5.58. The Hall–Kier alpha value is -0.590. The van der Waals surface area contributed by atoms with Gasteiger partial charge in [0.25, 0.3) is 0 Å². The first kappa shape index (κ1) is 16.5. The second-order valence-electron chi connectivity index (χ2n) is 3.78. The summed E-state index contributed by atoms with van der Waals surface area (Å²) < 4.78 is 26.1. The largest absolute Gasteiger partial charge is 0.392 e. The predicted octanol–water partition coefficient (Wildman–Crippen LogP) is 2.68. The fraction of sp³-hybridized carbons (Fsp3) is 0.333. The van der Waals surface area contributed by atoms with Gasteiger partial charge in [-0.1, -0.05) is 36.2 Å². The molecule has 0 aliphatic carbocycles. The number of hydrogen-bond acceptors (Lipinski definition) is 3. The molecule has 0 aliphatic heterocycles. The second-order valence-corrected chi connectivity index (χ2v) is 6.50. The number of benzene rings is 1. The van der Waals surface area contributed by atoms with Gasteiger partial charge in [0.2, 0.25) is 10.0 Å². The van der Waals surface area contributed by atoms with E-state index in [2.05, 4.69) is 6.58 Å². The van der Waals surface area contributed by atoms with E-state index in [-0.39, 0.29) is 40.2 Å². The molecule has 0 saturated carbocycles. The fourth-order valence-corrected chi connectivity index (χ4v) is 3.92. The number of likely N-dealkylation sites (N-methyl/N-ethyl adjacent to an activating group) is 1. The average Bonchev–Trinajstić information content (AvgIpc) is 2.37. The Kier molecular flexibility index (Phi) is 5.82. The van der Waals surface area contributed by atoms with Crippen LogP contribution in [0.15, 0.2) is 29.7 Å². The van der Waals surface area contributed by atoms with Gasteiger partial charge in [-0.2, -0.15) is 4.31 Å². The smallest absolute Gasteiger partial charge is 0.244 e. The van der Waals surface area contributed by atoms with Crippen LogP contribution < -0.4 is 0 Å². The third-order valence-electron chi connectivity index (χ3n) is 2.55. The number of rotatable bonds is 6. The van der Waals surface area contributed by atoms with Crippen LogP contribution in [0.3, 0.4) is 0 Å². The second kappa shape index (κ2) is 6.72. The van der Waals surface area contributed by atoms with Gasteiger partial charge in [0.15, 0.2) is 0 Å². The first-order chi connectivity index (χ1) is 8.88. The molecule has 4 nitrogen and oxygen atoms in total. The highest BCUT2D eigenvalue weighted by molar-refractivity contribution is 7.89. The van der Waals surface area contributed by atoms with Crippen LogP contribution in [-0.4, -0.2) is 30.9 Å². The lowest BCUT2D eigenvalue weighted by Crippen LogP contribution is -2.31. The summed E-state index contributed by atoms with van der Waals surface area (Å²) in [7, 11) is -3.76. The molecule has 0 heterocycles. The minimum absolute atomic E-state index is 0.00517. The highest BCUT2D eigenvalue weighted by atomic mass is 35.5. The van der Waals surface area contributed by atoms with Crippen molar-refractivity contribution in [1.82, 2.24) is 4.31 Å². The van der Waals surface area contributed by atoms with Crippen molar-refractivity contribution in [2.75, 3.05) is 13.1 Å². The summed E-state index contributed by atoms with van der Waals surface area (Å²) in [6.45, 7) is 5.32. The zero-order chi connectivity index (χ0) is 14.6. The van der Waals surface area contributed by atoms with Crippen molar-refractivity contribution in [3.63, 3.8) is 0 Å². The Labute approximate surface area is 123 Å². The number of hydrogen-bond donors (Lipinski definition) is 1. The summed E-state index contributed by atoms with van der Waals surface area (Å²) in [6.07, 6.45) is 1.49. The molecule has 0 unspecified atom stereocenters. The van der Waals surface area contributed by atoms with E-state index >= 15 is 0 Å². The monoisotopic (exact) mass is 323 g/mol. The van der Waals surface area contributed by atoms with Gasteiger partial charge >= 0.3 is 0 Å². The maximum Gasteiger partial charge on any atom is 0.244 e. The van der Waals surface area contributed by atoms with Gasteiger partial charge in [0.1, 0.15) is 4.90 Å². The number of aliphatic hydroxyl groups excluding tert-OH is 1. The molecule has 1 N–H and O–H groups in total. The van der Waals surface area contributed by atoms with Gasteiger partial charge < -0.3 is 5.11 Å². The van der Waals surface area contributed by atoms with E-state index in [0.717, 1.165) is 0 Å². The molecule has 0 radical (unpaired) electrons. The Bertz CT molecular complexity index is 573. The molecule has 0 aromatic heterocycles. The third-order valence-corrected chi connectivity index (χ3v) is 5.29. The number of halogens is 2. The zero-order valence-corrected chi connectivity index (χ0v) is 12.8. The third kappa shape index (κ3) is 3.49. The lowest BCUT2D eigenvalue weighted by Gasteiger charge is -2.20. The van der Waals surface area contributed by atoms with Gasteiger partial charge in [0, 0.05) is 18.1 Å². The highest BCUT2D eigenvalue weighted by Crippen LogP contribution is 2.31. The molecular formula is C12H15Cl2NO3S. The van der Waals surface area contributed by atoms with Crippen LogP contribution in [-0.2, 0) is 16.6 Å². The zero-order valence-electron chi connectivity index (χ0n) is 10.4. The van der Waals surface area contributed by atoms with Gasteiger partial charge in [-0.25, -0.2) is 8.42 Å². The maximum absolute atomic E-state index is 12.4. The molecule has 0 atom stereocenters. The van der Waals surface area contributed by atoms with E-state index in [4.69, 9.17) is 28.3 Å². The Balaban J connectivity index is 3.43. The topological polar surface area (TPSA) is 57.6 Å². The van der Waals surface area contributed by atoms with Crippen LogP contribution >= 0.6 is 23.2 Å². The maximum atomic E-state index is 12.4. The molecule has 1 rings (SSSR count). The SMILES string of the molecule is C=CCN(CC)S(=O)(=O)c1cc(Cl)cc(CO)c1Cl. The minimum atomic E-state index is -3.76. The number of nitrogens with zero attached hydrogens (tertiary/aromatic N) is 1. The summed E-state index contributed by atoms with van der Waals surface area (Å²) in [5, 5.41) is 9.37. The molecule has 19 heavy (non-hydrogen) atoms. The summed E-state index contributed by atoms with van der Waals surface area (Å²) in [6, 6.07) is 2.72. The Morgan fingerprint density at radius 1 is 1.42 bits per heavy atom. The molecular weight excluding hydrogens is 309 g/mol. The molecule has 0 spiro atoms. The van der Waals surface area contributed by atoms with Crippen molar-refractivity contribution >= 4 is 33.2 Å². The minimum Gasteiger partial charge on any atom is -0.392 e. The van der Waals surface area contributed by atoms with E-state index in [9.17, 15) is 8.42 Å². The number of sulfonamides is 1. The molecule has 0 saturated heterocycles. The quantitative estimate of drug-likeness (QED) is 0.819. The van der Waals surface area contributed by atoms with Gasteiger partial charge in [0.05, 0.1) is 11.6 Å². The van der Waals surface area contributed by atoms with E-state index in [1.165, 1.54) is 22.5 Å². The highest BCUT2D eigenvalue weighted by Gasteiger charge is 2.26. The summed E-state index contributed by atoms with van der Waals surface area (Å²) in [4.78, 5) is -0.102. The fourth-order valence-electron chi connectivity index (χ4n) is 1.60. The standard InChI is InChI=1S/C12H15Cl2NO3S/c1-3-5-15(4-2)19(17,18)11-7-10(13)6-9(8-16)12(11)14/h3,6-7,16H,1,4-5,8H2,2H3. The first-order valence-corrected chi connectivity index (χ1v) is 7.77. The molecule has 1 aromatic rings. The van der Waals surface area contributed by atoms with Crippen LogP contribution in [0.1, 0.15) is 12.5 Å². The van der Waals surface area contributed by atoms with Crippen molar-refractivity contribution in [1.29, 1.82) is 0 Å². The van der Waals surface area contributed by atoms with E-state index in [1.807, 2.05) is 0 Å². The molecule has 0 fully saturated rings. The summed E-state index contributed by atoms with van der Waals surface area (Å²) in [5.41, 5.74) is 0.280. The predicted molar refractivity (Wildman–Crippen MR) is 77.0 cm³/mol. The Morgan fingerprint density at radius 3 is 2.53 bits per heavy atom. The summed E-state index contributed by atoms with van der Waals surface area (Å²) in [5.74, 6) is 0. The van der Waals surface area contributed by atoms with E-state index in [1.54, 1.807) is 6.92 Å². The van der Waals surface area contributed by atoms with Crippen molar-refractivity contribution in [2.24, 2.45) is 0 Å². The van der Waals surface area contributed by atoms with Crippen LogP contribution in [0.25, 0.3) is 0 Å². The van der Waals surface area contributed by atoms with Gasteiger partial charge in [-0.05, 0) is 17.7 Å². The average molecular weight is 324 g/mol. The van der Waals surface area contributed by atoms with Crippen molar-refractivity contribution in [2.45, 2.75) is 18.4 Å². The van der Waals surface area contributed by atoms with E-state index in [0.29, 0.717) is 0 Å². The van der Waals surface area contributed by atoms with Crippen molar-refractivity contribution < 1.29 is 13.5 Å². The van der Waals surface area contributed by atoms with Crippen LogP contribution in [0.4, 0.5) is 0 Å². The number of aliphatic hydroxyl groups is 1. The molecule has 0 aliphatic rings. The lowest BCUT2D eigenvalue weighted by atomic mass is 10.2. The molecule has 0 amide bonds. The van der Waals surface area contributed by atoms with Crippen molar-refractivity contribution in [3.8, 4) is 0 Å². The van der Waals surface area contributed by atoms with E-state index < -0.39 is 10.0 Å². The van der Waals surface area contributed by atoms with Gasteiger partial charge in [-0.15, -0.1) is 6.58 Å². The lowest BCUT2D eigenvalue weighted by molar-refractivity contribution is 0.281. The van der Waals surface area contributed by atoms with Crippen LogP contribution in [0, 0.1) is 0 Å². The van der Waals surface area contributed by atoms with Crippen molar-refractivity contribution in [3.05, 3.63) is 40.4 Å². The molecule has 1 aromatic carbocycles. The Morgan fingerprint density at radius 2 is 2.05 bits per heavy atom. The van der Waals surface area contributed by atoms with Crippen LogP contribution in [0.5, 0.6) is 0 Å².